The minimum atomic E-state index is 0.0210. The first-order valence-electron chi connectivity index (χ1n) is 6.34. The SMILES string of the molecule is Nc1nc2ccc(N(CCO)c3ccc(Cl)cc3)nc2s1. The highest BCUT2D eigenvalue weighted by Gasteiger charge is 2.12. The quantitative estimate of drug-likeness (QED) is 0.772. The molecule has 2 heterocycles. The summed E-state index contributed by atoms with van der Waals surface area (Å²) in [6, 6.07) is 11.2. The first-order chi connectivity index (χ1) is 10.2. The zero-order valence-corrected chi connectivity index (χ0v) is 12.6. The van der Waals surface area contributed by atoms with Gasteiger partial charge in [-0.1, -0.05) is 22.9 Å². The molecule has 0 aliphatic carbocycles. The number of nitrogens with zero attached hydrogens (tertiary/aromatic N) is 3. The standard InChI is InChI=1S/C14H13ClN4OS/c15-9-1-3-10(4-2-9)19(7-8-20)12-6-5-11-13(18-12)21-14(16)17-11/h1-6,20H,7-8H2,(H2,16,17). The number of halogens is 1. The average Bonchev–Trinajstić information content (AvgIpc) is 2.85. The Balaban J connectivity index is 2.03. The van der Waals surface area contributed by atoms with Crippen molar-refractivity contribution in [2.45, 2.75) is 0 Å². The number of thiazole rings is 1. The van der Waals surface area contributed by atoms with Gasteiger partial charge in [0.05, 0.1) is 6.61 Å². The van der Waals surface area contributed by atoms with Crippen LogP contribution in [0.5, 0.6) is 0 Å². The van der Waals surface area contributed by atoms with Gasteiger partial charge in [0.2, 0.25) is 0 Å². The molecule has 0 unspecified atom stereocenters. The zero-order valence-electron chi connectivity index (χ0n) is 11.0. The average molecular weight is 321 g/mol. The number of rotatable bonds is 4. The van der Waals surface area contributed by atoms with E-state index in [1.54, 1.807) is 0 Å². The summed E-state index contributed by atoms with van der Waals surface area (Å²) in [6.07, 6.45) is 0. The molecular weight excluding hydrogens is 308 g/mol. The second-order valence-corrected chi connectivity index (χ2v) is 5.84. The van der Waals surface area contributed by atoms with Gasteiger partial charge in [0.25, 0.3) is 0 Å². The van der Waals surface area contributed by atoms with E-state index in [9.17, 15) is 5.11 Å². The highest BCUT2D eigenvalue weighted by atomic mass is 35.5. The molecule has 0 aliphatic rings. The summed E-state index contributed by atoms with van der Waals surface area (Å²) in [4.78, 5) is 11.5. The first kappa shape index (κ1) is 14.1. The number of hydrogen-bond acceptors (Lipinski definition) is 6. The van der Waals surface area contributed by atoms with Crippen LogP contribution < -0.4 is 10.6 Å². The van der Waals surface area contributed by atoms with E-state index < -0.39 is 0 Å². The van der Waals surface area contributed by atoms with E-state index in [1.165, 1.54) is 11.3 Å². The minimum Gasteiger partial charge on any atom is -0.395 e. The third kappa shape index (κ3) is 2.92. The Labute approximate surface area is 130 Å². The number of pyridine rings is 1. The molecule has 3 N–H and O–H groups in total. The Morgan fingerprint density at radius 3 is 2.62 bits per heavy atom. The van der Waals surface area contributed by atoms with Gasteiger partial charge in [-0.2, -0.15) is 0 Å². The van der Waals surface area contributed by atoms with Crippen molar-refractivity contribution >= 4 is 49.9 Å². The van der Waals surface area contributed by atoms with E-state index in [0.29, 0.717) is 16.7 Å². The molecule has 0 atom stereocenters. The van der Waals surface area contributed by atoms with Crippen molar-refractivity contribution in [2.75, 3.05) is 23.8 Å². The Morgan fingerprint density at radius 2 is 1.90 bits per heavy atom. The monoisotopic (exact) mass is 320 g/mol. The highest BCUT2D eigenvalue weighted by molar-refractivity contribution is 7.21. The summed E-state index contributed by atoms with van der Waals surface area (Å²) in [5.74, 6) is 0.738. The van der Waals surface area contributed by atoms with E-state index >= 15 is 0 Å². The van der Waals surface area contributed by atoms with Crippen molar-refractivity contribution in [1.82, 2.24) is 9.97 Å². The molecule has 0 bridgehead atoms. The summed E-state index contributed by atoms with van der Waals surface area (Å²) < 4.78 is 0. The van der Waals surface area contributed by atoms with Crippen molar-refractivity contribution in [3.8, 4) is 0 Å². The van der Waals surface area contributed by atoms with Crippen molar-refractivity contribution in [3.63, 3.8) is 0 Å². The molecule has 2 aromatic heterocycles. The molecule has 0 saturated heterocycles. The lowest BCUT2D eigenvalue weighted by molar-refractivity contribution is 0.305. The van der Waals surface area contributed by atoms with Crippen molar-refractivity contribution in [2.24, 2.45) is 0 Å². The van der Waals surface area contributed by atoms with Crippen LogP contribution in [-0.4, -0.2) is 28.2 Å². The normalized spacial score (nSPS) is 11.0. The van der Waals surface area contributed by atoms with Crippen LogP contribution in [0.25, 0.3) is 10.3 Å². The number of aromatic nitrogens is 2. The van der Waals surface area contributed by atoms with Crippen LogP contribution in [0.15, 0.2) is 36.4 Å². The van der Waals surface area contributed by atoms with Gasteiger partial charge in [-0.05, 0) is 36.4 Å². The third-order valence-electron chi connectivity index (χ3n) is 3.00. The third-order valence-corrected chi connectivity index (χ3v) is 4.04. The summed E-state index contributed by atoms with van der Waals surface area (Å²) in [6.45, 7) is 0.460. The minimum absolute atomic E-state index is 0.0210. The van der Waals surface area contributed by atoms with Gasteiger partial charge in [-0.25, -0.2) is 9.97 Å². The zero-order chi connectivity index (χ0) is 14.8. The number of nitrogens with two attached hydrogens (primary N) is 1. The maximum Gasteiger partial charge on any atom is 0.182 e. The van der Waals surface area contributed by atoms with Crippen molar-refractivity contribution in [1.29, 1.82) is 0 Å². The lowest BCUT2D eigenvalue weighted by atomic mass is 10.2. The van der Waals surface area contributed by atoms with Crippen LogP contribution in [0.4, 0.5) is 16.6 Å². The molecule has 0 fully saturated rings. The fourth-order valence-corrected chi connectivity index (χ4v) is 2.90. The number of benzene rings is 1. The number of nitrogen functional groups attached to an aromatic ring is 1. The molecule has 3 aromatic rings. The maximum absolute atomic E-state index is 9.31. The Morgan fingerprint density at radius 1 is 1.14 bits per heavy atom. The van der Waals surface area contributed by atoms with E-state index in [4.69, 9.17) is 17.3 Å². The summed E-state index contributed by atoms with van der Waals surface area (Å²) in [5.41, 5.74) is 7.40. The van der Waals surface area contributed by atoms with E-state index in [1.807, 2.05) is 41.3 Å². The molecule has 7 heteroatoms. The first-order valence-corrected chi connectivity index (χ1v) is 7.54. The number of anilines is 3. The van der Waals surface area contributed by atoms with Crippen molar-refractivity contribution < 1.29 is 5.11 Å². The van der Waals surface area contributed by atoms with Crippen LogP contribution >= 0.6 is 22.9 Å². The number of aliphatic hydroxyl groups excluding tert-OH is 1. The van der Waals surface area contributed by atoms with Gasteiger partial charge in [0.1, 0.15) is 16.2 Å². The van der Waals surface area contributed by atoms with Crippen LogP contribution in [0, 0.1) is 0 Å². The Hall–Kier alpha value is -1.89. The summed E-state index contributed by atoms with van der Waals surface area (Å²) in [5, 5.41) is 10.5. The van der Waals surface area contributed by atoms with Crippen LogP contribution in [0.3, 0.4) is 0 Å². The van der Waals surface area contributed by atoms with Gasteiger partial charge in [0, 0.05) is 17.3 Å². The lowest BCUT2D eigenvalue weighted by Crippen LogP contribution is -2.21. The second kappa shape index (κ2) is 5.85. The second-order valence-electron chi connectivity index (χ2n) is 4.40. The van der Waals surface area contributed by atoms with Crippen LogP contribution in [0.2, 0.25) is 5.02 Å². The van der Waals surface area contributed by atoms with E-state index in [2.05, 4.69) is 9.97 Å². The smallest absolute Gasteiger partial charge is 0.182 e. The Bertz CT molecular complexity index is 759. The van der Waals surface area contributed by atoms with Crippen LogP contribution in [-0.2, 0) is 0 Å². The molecular formula is C14H13ClN4OS. The van der Waals surface area contributed by atoms with Crippen molar-refractivity contribution in [3.05, 3.63) is 41.4 Å². The molecule has 1 aromatic carbocycles. The van der Waals surface area contributed by atoms with E-state index in [-0.39, 0.29) is 6.61 Å². The van der Waals surface area contributed by atoms with Gasteiger partial charge >= 0.3 is 0 Å². The number of fused-ring (bicyclic) bond motifs is 1. The molecule has 0 aliphatic heterocycles. The van der Waals surface area contributed by atoms with Gasteiger partial charge in [0.15, 0.2) is 5.13 Å². The maximum atomic E-state index is 9.31. The molecule has 0 radical (unpaired) electrons. The highest BCUT2D eigenvalue weighted by Crippen LogP contribution is 2.29. The summed E-state index contributed by atoms with van der Waals surface area (Å²) in [7, 11) is 0. The molecule has 5 nitrogen and oxygen atoms in total. The predicted octanol–water partition coefficient (Wildman–Crippen LogP) is 3.06. The topological polar surface area (TPSA) is 75.3 Å². The fourth-order valence-electron chi connectivity index (χ4n) is 2.07. The van der Waals surface area contributed by atoms with Crippen LogP contribution in [0.1, 0.15) is 0 Å². The van der Waals surface area contributed by atoms with E-state index in [0.717, 1.165) is 21.9 Å². The molecule has 0 spiro atoms. The number of hydrogen-bond donors (Lipinski definition) is 2. The number of aliphatic hydroxyl groups is 1. The molecule has 108 valence electrons. The largest absolute Gasteiger partial charge is 0.395 e. The lowest BCUT2D eigenvalue weighted by Gasteiger charge is -2.22. The predicted molar refractivity (Wildman–Crippen MR) is 87.4 cm³/mol. The fraction of sp³-hybridized carbons (Fsp3) is 0.143. The Kier molecular flexibility index (Phi) is 3.92. The molecule has 0 saturated carbocycles. The molecule has 21 heavy (non-hydrogen) atoms. The molecule has 3 rings (SSSR count). The summed E-state index contributed by atoms with van der Waals surface area (Å²) >= 11 is 7.26. The van der Waals surface area contributed by atoms with Gasteiger partial charge in [-0.15, -0.1) is 0 Å². The van der Waals surface area contributed by atoms with Gasteiger partial charge < -0.3 is 15.7 Å². The van der Waals surface area contributed by atoms with Gasteiger partial charge in [-0.3, -0.25) is 0 Å². The molecule has 0 amide bonds.